The van der Waals surface area contributed by atoms with E-state index < -0.39 is 4.92 Å². The molecule has 1 heterocycles. The van der Waals surface area contributed by atoms with Gasteiger partial charge in [-0.3, -0.25) is 14.9 Å². The average Bonchev–Trinajstić information content (AvgIpc) is 3.18. The average molecular weight is 385 g/mol. The van der Waals surface area contributed by atoms with Crippen LogP contribution >= 0.6 is 0 Å². The van der Waals surface area contributed by atoms with Crippen molar-refractivity contribution in [3.8, 4) is 0 Å². The van der Waals surface area contributed by atoms with Crippen molar-refractivity contribution < 1.29 is 9.72 Å². The van der Waals surface area contributed by atoms with Gasteiger partial charge in [0.2, 0.25) is 0 Å². The van der Waals surface area contributed by atoms with Crippen LogP contribution in [0.25, 0.3) is 10.9 Å². The van der Waals surface area contributed by atoms with E-state index in [1.807, 2.05) is 60.8 Å². The van der Waals surface area contributed by atoms with E-state index in [-0.39, 0.29) is 17.6 Å². The number of carbonyl (C=O) groups excluding carboxylic acids is 1. The molecule has 0 aliphatic heterocycles. The minimum atomic E-state index is -0.476. The number of fused-ring (bicyclic) bond motifs is 1. The molecule has 1 unspecified atom stereocenters. The molecule has 29 heavy (non-hydrogen) atoms. The number of carbonyl (C=O) groups is 1. The summed E-state index contributed by atoms with van der Waals surface area (Å²) in [6, 6.07) is 23.2. The maximum Gasteiger partial charge on any atom is 0.269 e. The second-order valence-electron chi connectivity index (χ2n) is 6.82. The summed E-state index contributed by atoms with van der Waals surface area (Å²) < 4.78 is 0. The van der Waals surface area contributed by atoms with Crippen LogP contribution in [-0.4, -0.2) is 27.8 Å². The number of nitro groups is 1. The van der Waals surface area contributed by atoms with Gasteiger partial charge in [0.15, 0.2) is 0 Å². The minimum Gasteiger partial charge on any atom is -0.361 e. The Kier molecular flexibility index (Phi) is 4.83. The number of hydrogen-bond acceptors (Lipinski definition) is 3. The smallest absolute Gasteiger partial charge is 0.269 e. The highest BCUT2D eigenvalue weighted by Crippen LogP contribution is 2.33. The zero-order valence-corrected chi connectivity index (χ0v) is 15.8. The van der Waals surface area contributed by atoms with Gasteiger partial charge in [-0.15, -0.1) is 0 Å². The molecule has 0 fully saturated rings. The Labute approximate surface area is 167 Å². The minimum absolute atomic E-state index is 0.0413. The summed E-state index contributed by atoms with van der Waals surface area (Å²) in [5.74, 6) is -0.209. The Morgan fingerprint density at radius 2 is 1.62 bits per heavy atom. The van der Waals surface area contributed by atoms with Crippen LogP contribution in [-0.2, 0) is 0 Å². The van der Waals surface area contributed by atoms with Crippen LogP contribution in [0, 0.1) is 10.1 Å². The topological polar surface area (TPSA) is 79.2 Å². The van der Waals surface area contributed by atoms with Gasteiger partial charge in [-0.2, -0.15) is 0 Å². The Morgan fingerprint density at radius 3 is 2.31 bits per heavy atom. The second-order valence-corrected chi connectivity index (χ2v) is 6.82. The van der Waals surface area contributed by atoms with Crippen molar-refractivity contribution in [3.63, 3.8) is 0 Å². The molecule has 0 aliphatic carbocycles. The third-order valence-electron chi connectivity index (χ3n) is 5.06. The molecule has 1 atom stereocenters. The van der Waals surface area contributed by atoms with Gasteiger partial charge in [0.1, 0.15) is 0 Å². The van der Waals surface area contributed by atoms with Gasteiger partial charge >= 0.3 is 0 Å². The normalized spacial score (nSPS) is 11.9. The Morgan fingerprint density at radius 1 is 0.966 bits per heavy atom. The number of H-pyrrole nitrogens is 1. The first-order valence-corrected chi connectivity index (χ1v) is 9.19. The van der Waals surface area contributed by atoms with E-state index in [1.54, 1.807) is 11.9 Å². The third kappa shape index (κ3) is 3.48. The number of benzene rings is 3. The summed E-state index contributed by atoms with van der Waals surface area (Å²) in [5, 5.41) is 11.9. The standard InChI is InChI=1S/C23H19N3O3/c1-25(23(27)17-11-13-18(14-12-17)26(28)29)22(16-7-3-2-4-8-16)20-15-24-21-10-6-5-9-19(20)21/h2-15,22,24H,1H3. The van der Waals surface area contributed by atoms with Crippen molar-refractivity contribution in [2.75, 3.05) is 7.05 Å². The van der Waals surface area contributed by atoms with Crippen LogP contribution < -0.4 is 0 Å². The van der Waals surface area contributed by atoms with Gasteiger partial charge in [0, 0.05) is 47.4 Å². The zero-order chi connectivity index (χ0) is 20.4. The number of aromatic nitrogens is 1. The Hall–Kier alpha value is -3.93. The van der Waals surface area contributed by atoms with Gasteiger partial charge in [-0.25, -0.2) is 0 Å². The van der Waals surface area contributed by atoms with Gasteiger partial charge in [-0.05, 0) is 23.8 Å². The second kappa shape index (κ2) is 7.59. The van der Waals surface area contributed by atoms with Crippen LogP contribution in [0.1, 0.15) is 27.5 Å². The van der Waals surface area contributed by atoms with Crippen molar-refractivity contribution in [1.29, 1.82) is 0 Å². The summed E-state index contributed by atoms with van der Waals surface area (Å²) in [6.07, 6.45) is 1.93. The molecule has 1 aromatic heterocycles. The number of nitro benzene ring substituents is 1. The maximum absolute atomic E-state index is 13.2. The molecular weight excluding hydrogens is 366 g/mol. The Bertz CT molecular complexity index is 1170. The van der Waals surface area contributed by atoms with Crippen LogP contribution in [0.15, 0.2) is 85.1 Å². The number of non-ortho nitro benzene ring substituents is 1. The number of rotatable bonds is 5. The number of aromatic amines is 1. The fourth-order valence-corrected chi connectivity index (χ4v) is 3.61. The van der Waals surface area contributed by atoms with E-state index in [2.05, 4.69) is 4.98 Å². The molecule has 1 amide bonds. The van der Waals surface area contributed by atoms with Crippen molar-refractivity contribution in [2.24, 2.45) is 0 Å². The molecule has 3 aromatic carbocycles. The first-order chi connectivity index (χ1) is 14.1. The van der Waals surface area contributed by atoms with Crippen LogP contribution in [0.5, 0.6) is 0 Å². The van der Waals surface area contributed by atoms with Gasteiger partial charge in [0.25, 0.3) is 11.6 Å². The van der Waals surface area contributed by atoms with E-state index in [1.165, 1.54) is 24.3 Å². The van der Waals surface area contributed by atoms with Gasteiger partial charge in [-0.1, -0.05) is 48.5 Å². The molecule has 1 N–H and O–H groups in total. The molecule has 0 saturated heterocycles. The summed E-state index contributed by atoms with van der Waals surface area (Å²) in [4.78, 5) is 28.6. The fraction of sp³-hybridized carbons (Fsp3) is 0.0870. The zero-order valence-electron chi connectivity index (χ0n) is 15.8. The summed E-state index contributed by atoms with van der Waals surface area (Å²) in [5.41, 5.74) is 3.33. The first kappa shape index (κ1) is 18.4. The summed E-state index contributed by atoms with van der Waals surface area (Å²) in [6.45, 7) is 0. The number of hydrogen-bond donors (Lipinski definition) is 1. The molecule has 4 aromatic rings. The lowest BCUT2D eigenvalue weighted by Crippen LogP contribution is -2.32. The molecule has 144 valence electrons. The van der Waals surface area contributed by atoms with Crippen molar-refractivity contribution in [3.05, 3.63) is 112 Å². The summed E-state index contributed by atoms with van der Waals surface area (Å²) >= 11 is 0. The molecule has 0 aliphatic rings. The van der Waals surface area contributed by atoms with Crippen LogP contribution in [0.4, 0.5) is 5.69 Å². The van der Waals surface area contributed by atoms with Gasteiger partial charge < -0.3 is 9.88 Å². The number of nitrogens with zero attached hydrogens (tertiary/aromatic N) is 2. The number of nitrogens with one attached hydrogen (secondary N) is 1. The van der Waals surface area contributed by atoms with Crippen molar-refractivity contribution >= 4 is 22.5 Å². The van der Waals surface area contributed by atoms with E-state index in [0.717, 1.165) is 22.0 Å². The van der Waals surface area contributed by atoms with E-state index in [0.29, 0.717) is 5.56 Å². The Balaban J connectivity index is 1.77. The lowest BCUT2D eigenvalue weighted by Gasteiger charge is -2.29. The van der Waals surface area contributed by atoms with E-state index in [4.69, 9.17) is 0 Å². The molecular formula is C23H19N3O3. The number of amides is 1. The molecule has 0 bridgehead atoms. The molecule has 6 nitrogen and oxygen atoms in total. The molecule has 0 saturated carbocycles. The highest BCUT2D eigenvalue weighted by atomic mass is 16.6. The van der Waals surface area contributed by atoms with Gasteiger partial charge in [0.05, 0.1) is 11.0 Å². The first-order valence-electron chi connectivity index (χ1n) is 9.19. The fourth-order valence-electron chi connectivity index (χ4n) is 3.61. The van der Waals surface area contributed by atoms with Crippen molar-refractivity contribution in [2.45, 2.75) is 6.04 Å². The van der Waals surface area contributed by atoms with E-state index in [9.17, 15) is 14.9 Å². The molecule has 4 rings (SSSR count). The monoisotopic (exact) mass is 385 g/mol. The predicted molar refractivity (Wildman–Crippen MR) is 112 cm³/mol. The van der Waals surface area contributed by atoms with Crippen LogP contribution in [0.2, 0.25) is 0 Å². The largest absolute Gasteiger partial charge is 0.361 e. The maximum atomic E-state index is 13.2. The quantitative estimate of drug-likeness (QED) is 0.390. The van der Waals surface area contributed by atoms with Crippen molar-refractivity contribution in [1.82, 2.24) is 9.88 Å². The SMILES string of the molecule is CN(C(=O)c1ccc([N+](=O)[O-])cc1)C(c1ccccc1)c1c[nH]c2ccccc12. The highest BCUT2D eigenvalue weighted by molar-refractivity contribution is 5.95. The highest BCUT2D eigenvalue weighted by Gasteiger charge is 2.26. The molecule has 0 spiro atoms. The van der Waals surface area contributed by atoms with E-state index >= 15 is 0 Å². The predicted octanol–water partition coefficient (Wildman–Crippen LogP) is 4.94. The number of para-hydroxylation sites is 1. The third-order valence-corrected chi connectivity index (χ3v) is 5.06. The molecule has 6 heteroatoms. The molecule has 0 radical (unpaired) electrons. The lowest BCUT2D eigenvalue weighted by molar-refractivity contribution is -0.384. The van der Waals surface area contributed by atoms with Crippen LogP contribution in [0.3, 0.4) is 0 Å². The lowest BCUT2D eigenvalue weighted by atomic mass is 9.96. The summed E-state index contributed by atoms with van der Waals surface area (Å²) in [7, 11) is 1.75.